The summed E-state index contributed by atoms with van der Waals surface area (Å²) in [6.45, 7) is 0.745. The molecule has 2 aromatic heterocycles. The number of pyridine rings is 1. The number of anilines is 2. The van der Waals surface area contributed by atoms with Gasteiger partial charge in [-0.1, -0.05) is 12.1 Å². The van der Waals surface area contributed by atoms with Gasteiger partial charge in [-0.3, -0.25) is 9.59 Å². The van der Waals surface area contributed by atoms with Crippen molar-refractivity contribution in [3.63, 3.8) is 0 Å². The zero-order chi connectivity index (χ0) is 28.0. The van der Waals surface area contributed by atoms with Crippen molar-refractivity contribution in [2.24, 2.45) is 0 Å². The number of hydrogen-bond donors (Lipinski definition) is 4. The van der Waals surface area contributed by atoms with Crippen LogP contribution in [-0.2, 0) is 0 Å². The Kier molecular flexibility index (Phi) is 8.30. The van der Waals surface area contributed by atoms with Gasteiger partial charge in [-0.15, -0.1) is 5.10 Å². The fourth-order valence-corrected chi connectivity index (χ4v) is 3.64. The van der Waals surface area contributed by atoms with Gasteiger partial charge in [0.2, 0.25) is 5.95 Å². The quantitative estimate of drug-likeness (QED) is 0.241. The predicted molar refractivity (Wildman–Crippen MR) is 137 cm³/mol. The average Bonchev–Trinajstić information content (AvgIpc) is 3.32. The summed E-state index contributed by atoms with van der Waals surface area (Å²) in [7, 11) is 0. The van der Waals surface area contributed by atoms with Gasteiger partial charge in [0.1, 0.15) is 12.3 Å². The average molecular weight is 543 g/mol. The summed E-state index contributed by atoms with van der Waals surface area (Å²) in [6.07, 6.45) is -2.76. The number of alkyl halides is 3. The van der Waals surface area contributed by atoms with Crippen LogP contribution >= 0.6 is 0 Å². The van der Waals surface area contributed by atoms with Crippen LogP contribution in [0.15, 0.2) is 60.8 Å². The van der Waals surface area contributed by atoms with Gasteiger partial charge in [-0.05, 0) is 55.0 Å². The monoisotopic (exact) mass is 542 g/mol. The molecule has 0 aliphatic rings. The summed E-state index contributed by atoms with van der Waals surface area (Å²) in [5.74, 6) is -0.452. The van der Waals surface area contributed by atoms with Crippen molar-refractivity contribution >= 4 is 29.1 Å². The Morgan fingerprint density at radius 1 is 0.974 bits per heavy atom. The molecule has 0 unspecified atom stereocenters. The molecule has 204 valence electrons. The van der Waals surface area contributed by atoms with E-state index < -0.39 is 18.6 Å². The maximum atomic E-state index is 12.3. The third kappa shape index (κ3) is 7.02. The Bertz CT molecular complexity index is 1470. The molecule has 0 radical (unpaired) electrons. The van der Waals surface area contributed by atoms with Crippen molar-refractivity contribution < 1.29 is 32.6 Å². The van der Waals surface area contributed by atoms with E-state index in [1.165, 1.54) is 12.1 Å². The second kappa shape index (κ2) is 11.8. The molecule has 13 heteroatoms. The molecule has 0 aliphatic heterocycles. The fraction of sp³-hybridized carbons (Fsp3) is 0.231. The number of nitrogens with one attached hydrogen (secondary N) is 3. The molecular weight excluding hydrogens is 517 g/mol. The van der Waals surface area contributed by atoms with Gasteiger partial charge in [-0.2, -0.15) is 18.2 Å². The van der Waals surface area contributed by atoms with Gasteiger partial charge in [0.05, 0.1) is 18.9 Å². The molecule has 2 amide bonds. The Balaban J connectivity index is 1.51. The van der Waals surface area contributed by atoms with Crippen molar-refractivity contribution in [1.29, 1.82) is 0 Å². The molecule has 0 fully saturated rings. The Morgan fingerprint density at radius 2 is 1.67 bits per heavy atom. The summed E-state index contributed by atoms with van der Waals surface area (Å²) in [4.78, 5) is 28.6. The summed E-state index contributed by atoms with van der Waals surface area (Å²) in [5.41, 5.74) is 3.04. The van der Waals surface area contributed by atoms with Crippen LogP contribution in [0.1, 0.15) is 27.6 Å². The minimum Gasteiger partial charge on any atom is -0.492 e. The number of halogens is 3. The highest BCUT2D eigenvalue weighted by Gasteiger charge is 2.27. The van der Waals surface area contributed by atoms with E-state index in [2.05, 4.69) is 20.7 Å². The Morgan fingerprint density at radius 3 is 2.36 bits per heavy atom. The van der Waals surface area contributed by atoms with Crippen LogP contribution in [0.5, 0.6) is 5.75 Å². The topological polar surface area (TPSA) is 130 Å². The number of ether oxygens (including phenoxy) is 1. The van der Waals surface area contributed by atoms with Crippen LogP contribution in [0.3, 0.4) is 0 Å². The molecule has 0 spiro atoms. The number of carbonyl (C=O) groups excluding carboxylic acids is 2. The zero-order valence-corrected chi connectivity index (χ0v) is 20.7. The number of amides is 2. The largest absolute Gasteiger partial charge is 0.492 e. The summed E-state index contributed by atoms with van der Waals surface area (Å²) < 4.78 is 44.3. The highest BCUT2D eigenvalue weighted by Crippen LogP contribution is 2.29. The van der Waals surface area contributed by atoms with Gasteiger partial charge in [-0.25, -0.2) is 4.52 Å². The van der Waals surface area contributed by atoms with Gasteiger partial charge in [0.15, 0.2) is 5.65 Å². The molecule has 0 saturated carbocycles. The number of hydrogen-bond acceptors (Lipinski definition) is 7. The Hall–Kier alpha value is -4.65. The van der Waals surface area contributed by atoms with Crippen molar-refractivity contribution in [3.05, 3.63) is 71.9 Å². The zero-order valence-electron chi connectivity index (χ0n) is 20.7. The third-order valence-electron chi connectivity index (χ3n) is 5.45. The molecule has 4 N–H and O–H groups in total. The molecule has 4 aromatic rings. The first kappa shape index (κ1) is 27.4. The van der Waals surface area contributed by atoms with E-state index in [0.717, 1.165) is 11.1 Å². The van der Waals surface area contributed by atoms with Crippen LogP contribution in [0, 0.1) is 0 Å². The molecular formula is C26H25F3N6O4. The normalized spacial score (nSPS) is 11.3. The minimum absolute atomic E-state index is 0.110. The number of aliphatic hydroxyl groups is 1. The lowest BCUT2D eigenvalue weighted by Crippen LogP contribution is -2.33. The smallest absolute Gasteiger partial charge is 0.405 e. The molecule has 0 atom stereocenters. The SMILES string of the molecule is CCOc1cc(C(=O)NCCO)ccc1Nc1nc2ccc(-c3ccc(C(=O)NCC(F)(F)F)cc3)cn2n1. The van der Waals surface area contributed by atoms with Gasteiger partial charge < -0.3 is 25.8 Å². The predicted octanol–water partition coefficient (Wildman–Crippen LogP) is 3.55. The second-order valence-corrected chi connectivity index (χ2v) is 8.28. The molecule has 4 rings (SSSR count). The fourth-order valence-electron chi connectivity index (χ4n) is 3.64. The highest BCUT2D eigenvalue weighted by atomic mass is 19.4. The molecule has 2 heterocycles. The number of benzene rings is 2. The standard InChI is InChI=1S/C26H25F3N6O4/c1-2-39-21-13-18(24(38)30-11-12-36)7-9-20(21)32-25-33-22-10-8-19(14-35(22)34-25)16-3-5-17(6-4-16)23(37)31-15-26(27,28)29/h3-10,13-14,36H,2,11-12,15H2,1H3,(H,30,38)(H,31,37)(H,32,34). The molecule has 39 heavy (non-hydrogen) atoms. The summed E-state index contributed by atoms with van der Waals surface area (Å²) in [6, 6.07) is 14.6. The van der Waals surface area contributed by atoms with Crippen molar-refractivity contribution in [2.75, 3.05) is 31.6 Å². The van der Waals surface area contributed by atoms with E-state index in [1.807, 2.05) is 12.2 Å². The van der Waals surface area contributed by atoms with E-state index in [0.29, 0.717) is 29.3 Å². The minimum atomic E-state index is -4.48. The lowest BCUT2D eigenvalue weighted by Gasteiger charge is -2.12. The number of nitrogens with zero attached hydrogens (tertiary/aromatic N) is 3. The third-order valence-corrected chi connectivity index (χ3v) is 5.45. The molecule has 0 saturated heterocycles. The van der Waals surface area contributed by atoms with E-state index in [-0.39, 0.29) is 30.6 Å². The van der Waals surface area contributed by atoms with Crippen molar-refractivity contribution in [3.8, 4) is 16.9 Å². The number of rotatable bonds is 10. The molecule has 0 aliphatic carbocycles. The van der Waals surface area contributed by atoms with Crippen LogP contribution in [0.2, 0.25) is 0 Å². The van der Waals surface area contributed by atoms with Crippen molar-refractivity contribution in [2.45, 2.75) is 13.1 Å². The summed E-state index contributed by atoms with van der Waals surface area (Å²) in [5, 5.41) is 20.9. The van der Waals surface area contributed by atoms with Gasteiger partial charge >= 0.3 is 6.18 Å². The van der Waals surface area contributed by atoms with Crippen molar-refractivity contribution in [1.82, 2.24) is 25.2 Å². The molecule has 0 bridgehead atoms. The lowest BCUT2D eigenvalue weighted by molar-refractivity contribution is -0.123. The van der Waals surface area contributed by atoms with E-state index in [1.54, 1.807) is 53.2 Å². The first-order valence-electron chi connectivity index (χ1n) is 11.9. The first-order valence-corrected chi connectivity index (χ1v) is 11.9. The number of aliphatic hydroxyl groups excluding tert-OH is 1. The lowest BCUT2D eigenvalue weighted by atomic mass is 10.1. The van der Waals surface area contributed by atoms with Crippen LogP contribution in [-0.4, -0.2) is 64.0 Å². The van der Waals surface area contributed by atoms with Crippen LogP contribution < -0.4 is 20.7 Å². The summed E-state index contributed by atoms with van der Waals surface area (Å²) >= 11 is 0. The molecule has 2 aromatic carbocycles. The number of carbonyl (C=O) groups is 2. The second-order valence-electron chi connectivity index (χ2n) is 8.28. The van der Waals surface area contributed by atoms with Crippen LogP contribution in [0.25, 0.3) is 16.8 Å². The maximum Gasteiger partial charge on any atom is 0.405 e. The number of fused-ring (bicyclic) bond motifs is 1. The van der Waals surface area contributed by atoms with E-state index >= 15 is 0 Å². The molecule has 10 nitrogen and oxygen atoms in total. The maximum absolute atomic E-state index is 12.3. The van der Waals surface area contributed by atoms with E-state index in [4.69, 9.17) is 9.84 Å². The first-order chi connectivity index (χ1) is 18.7. The van der Waals surface area contributed by atoms with E-state index in [9.17, 15) is 22.8 Å². The highest BCUT2D eigenvalue weighted by molar-refractivity contribution is 5.95. The van der Waals surface area contributed by atoms with Crippen LogP contribution in [0.4, 0.5) is 24.8 Å². The van der Waals surface area contributed by atoms with Gasteiger partial charge in [0.25, 0.3) is 11.8 Å². The van der Waals surface area contributed by atoms with Gasteiger partial charge in [0, 0.05) is 29.4 Å². The Labute approximate surface area is 220 Å². The number of aromatic nitrogens is 3.